The van der Waals surface area contributed by atoms with Crippen LogP contribution in [0, 0.1) is 22.0 Å². The fourth-order valence-electron chi connectivity index (χ4n) is 8.35. The normalized spacial score (nSPS) is 19.6. The van der Waals surface area contributed by atoms with Crippen molar-refractivity contribution in [3.05, 3.63) is 123 Å². The van der Waals surface area contributed by atoms with Crippen LogP contribution in [0.2, 0.25) is 5.02 Å². The third-order valence-electron chi connectivity index (χ3n) is 11.7. The predicted molar refractivity (Wildman–Crippen MR) is 231 cm³/mol. The van der Waals surface area contributed by atoms with Gasteiger partial charge in [-0.3, -0.25) is 24.5 Å². The lowest BCUT2D eigenvalue weighted by molar-refractivity contribution is -0.384. The summed E-state index contributed by atoms with van der Waals surface area (Å²) in [7, 11) is -2.11. The maximum Gasteiger partial charge on any atom is 0.293 e. The molecular formula is C44H48ClN7O6S. The first kappa shape index (κ1) is 40.5. The second kappa shape index (κ2) is 18.3. The summed E-state index contributed by atoms with van der Waals surface area (Å²) in [6.45, 7) is 8.47. The van der Waals surface area contributed by atoms with Crippen molar-refractivity contribution in [1.29, 1.82) is 0 Å². The molecule has 0 spiro atoms. The SMILES string of the molecule is CC1=CC[C@H](CN2CCN(c3ccc(C(=O)NS(=O)c4ccc(NCC5CCOCC5)c([N+](=O)[O-])c4)c(Oc4cnc5[nH]ccc5c4)c3)CC2)[C@@H](c2ccc(Cl)cc2)C1. The first-order valence-corrected chi connectivity index (χ1v) is 21.7. The largest absolute Gasteiger partial charge is 0.455 e. The molecule has 2 saturated heterocycles. The number of halogens is 1. The van der Waals surface area contributed by atoms with Crippen molar-refractivity contribution < 1.29 is 23.4 Å². The van der Waals surface area contributed by atoms with E-state index < -0.39 is 21.8 Å². The van der Waals surface area contributed by atoms with Crippen LogP contribution in [0.25, 0.3) is 11.0 Å². The highest BCUT2D eigenvalue weighted by Gasteiger charge is 2.30. The van der Waals surface area contributed by atoms with Crippen LogP contribution in [0.3, 0.4) is 0 Å². The summed E-state index contributed by atoms with van der Waals surface area (Å²) >= 11 is 6.22. The number of aromatic amines is 1. The molecule has 4 heterocycles. The molecule has 2 fully saturated rings. The van der Waals surface area contributed by atoms with Crippen LogP contribution in [-0.4, -0.2) is 82.4 Å². The third-order valence-corrected chi connectivity index (χ3v) is 13.0. The molecule has 1 unspecified atom stereocenters. The molecule has 3 atom stereocenters. The van der Waals surface area contributed by atoms with Crippen molar-refractivity contribution in [2.45, 2.75) is 43.4 Å². The zero-order chi connectivity index (χ0) is 40.9. The molecule has 0 radical (unpaired) electrons. The van der Waals surface area contributed by atoms with E-state index in [2.05, 4.69) is 54.9 Å². The van der Waals surface area contributed by atoms with E-state index >= 15 is 0 Å². The number of piperazine rings is 1. The number of nitrogens with one attached hydrogen (secondary N) is 3. The number of H-pyrrole nitrogens is 1. The van der Waals surface area contributed by atoms with E-state index in [9.17, 15) is 19.1 Å². The molecule has 2 aromatic heterocycles. The van der Waals surface area contributed by atoms with Gasteiger partial charge < -0.3 is 24.7 Å². The fourth-order valence-corrected chi connectivity index (χ4v) is 9.28. The minimum absolute atomic E-state index is 0.0969. The number of anilines is 2. The summed E-state index contributed by atoms with van der Waals surface area (Å²) in [6, 6.07) is 21.7. The number of fused-ring (bicyclic) bond motifs is 1. The standard InChI is InChI=1S/C44H48ClN7O6S/c1-29-2-3-33(39(22-29)31-4-6-34(45)7-5-31)28-50-16-18-51(19-17-50)35-8-10-38(42(24-35)58-36-23-32-12-15-46-43(32)48-27-36)44(53)49-59(56)37-9-11-40(41(25-37)52(54)55)47-26-30-13-20-57-21-14-30/h2,4-12,15,23-25,27,30,33,39,47H,3,13-14,16-22,26,28H2,1H3,(H,46,48)(H,49,53)/t33-,39-,59?/m1/s1. The Bertz CT molecular complexity index is 2360. The number of pyridine rings is 1. The van der Waals surface area contributed by atoms with E-state index in [1.165, 1.54) is 29.3 Å². The lowest BCUT2D eigenvalue weighted by atomic mass is 9.75. The molecule has 5 aromatic rings. The molecule has 1 aliphatic carbocycles. The predicted octanol–water partition coefficient (Wildman–Crippen LogP) is 8.47. The second-order valence-electron chi connectivity index (χ2n) is 15.6. The molecule has 59 heavy (non-hydrogen) atoms. The fraction of sp³-hybridized carbons (Fsp3) is 0.364. The number of allylic oxidation sites excluding steroid dienone is 2. The molecule has 0 saturated carbocycles. The summed E-state index contributed by atoms with van der Waals surface area (Å²) in [5.41, 5.74) is 4.64. The van der Waals surface area contributed by atoms with Crippen LogP contribution in [-0.2, 0) is 15.7 Å². The first-order chi connectivity index (χ1) is 28.7. The number of ether oxygens (including phenoxy) is 2. The van der Waals surface area contributed by atoms with E-state index in [0.717, 1.165) is 74.5 Å². The number of aromatic nitrogens is 2. The molecule has 1 amide bonds. The Kier molecular flexibility index (Phi) is 12.6. The smallest absolute Gasteiger partial charge is 0.293 e. The number of amides is 1. The van der Waals surface area contributed by atoms with Gasteiger partial charge >= 0.3 is 0 Å². The van der Waals surface area contributed by atoms with Crippen LogP contribution < -0.4 is 19.7 Å². The topological polar surface area (TPSA) is 155 Å². The number of nitro benzene ring substituents is 1. The van der Waals surface area contributed by atoms with E-state index in [1.54, 1.807) is 18.5 Å². The maximum absolute atomic E-state index is 13.9. The lowest BCUT2D eigenvalue weighted by Gasteiger charge is -2.40. The maximum atomic E-state index is 13.9. The van der Waals surface area contributed by atoms with Gasteiger partial charge in [-0.25, -0.2) is 9.19 Å². The van der Waals surface area contributed by atoms with Crippen LogP contribution in [0.5, 0.6) is 11.5 Å². The van der Waals surface area contributed by atoms with Crippen molar-refractivity contribution in [3.8, 4) is 11.5 Å². The van der Waals surface area contributed by atoms with Gasteiger partial charge in [0, 0.05) is 86.9 Å². The van der Waals surface area contributed by atoms with Crippen LogP contribution in [0.1, 0.15) is 54.4 Å². The van der Waals surface area contributed by atoms with Gasteiger partial charge in [0.1, 0.15) is 22.8 Å². The second-order valence-corrected chi connectivity index (χ2v) is 17.3. The Labute approximate surface area is 350 Å². The molecular weight excluding hydrogens is 790 g/mol. The average Bonchev–Trinajstić information content (AvgIpc) is 3.72. The average molecular weight is 838 g/mol. The molecule has 308 valence electrons. The molecule has 15 heteroatoms. The summed E-state index contributed by atoms with van der Waals surface area (Å²) < 4.78 is 27.9. The summed E-state index contributed by atoms with van der Waals surface area (Å²) in [5.74, 6) is 1.34. The molecule has 0 bridgehead atoms. The van der Waals surface area contributed by atoms with Crippen molar-refractivity contribution in [3.63, 3.8) is 0 Å². The Morgan fingerprint density at radius 3 is 2.63 bits per heavy atom. The Morgan fingerprint density at radius 2 is 1.85 bits per heavy atom. The van der Waals surface area contributed by atoms with Gasteiger partial charge in [0.15, 0.2) is 11.0 Å². The van der Waals surface area contributed by atoms with Crippen LogP contribution in [0.15, 0.2) is 102 Å². The first-order valence-electron chi connectivity index (χ1n) is 20.1. The molecule has 13 nitrogen and oxygen atoms in total. The minimum atomic E-state index is -2.11. The molecule has 8 rings (SSSR count). The highest BCUT2D eigenvalue weighted by atomic mass is 35.5. The van der Waals surface area contributed by atoms with E-state index in [1.807, 2.05) is 36.4 Å². The highest BCUT2D eigenvalue weighted by molar-refractivity contribution is 7.83. The van der Waals surface area contributed by atoms with Gasteiger partial charge in [0.2, 0.25) is 0 Å². The van der Waals surface area contributed by atoms with Crippen LogP contribution in [0.4, 0.5) is 17.1 Å². The molecule has 3 N–H and O–H groups in total. The minimum Gasteiger partial charge on any atom is -0.455 e. The monoisotopic (exact) mass is 837 g/mol. The number of rotatable bonds is 13. The zero-order valence-corrected chi connectivity index (χ0v) is 34.5. The van der Waals surface area contributed by atoms with E-state index in [0.29, 0.717) is 54.6 Å². The number of benzene rings is 3. The van der Waals surface area contributed by atoms with Gasteiger partial charge in [0.05, 0.1) is 21.6 Å². The van der Waals surface area contributed by atoms with Crippen molar-refractivity contribution >= 4 is 56.6 Å². The van der Waals surface area contributed by atoms with E-state index in [4.69, 9.17) is 21.1 Å². The number of nitrogens with zero attached hydrogens (tertiary/aromatic N) is 4. The zero-order valence-electron chi connectivity index (χ0n) is 32.9. The summed E-state index contributed by atoms with van der Waals surface area (Å²) in [6.07, 6.45) is 9.61. The number of hydrogen-bond acceptors (Lipinski definition) is 10. The number of nitro groups is 1. The highest BCUT2D eigenvalue weighted by Crippen LogP contribution is 2.39. The van der Waals surface area contributed by atoms with Gasteiger partial charge in [-0.1, -0.05) is 35.4 Å². The summed E-state index contributed by atoms with van der Waals surface area (Å²) in [4.78, 5) is 37.9. The third kappa shape index (κ3) is 9.79. The number of carbonyl (C=O) groups is 1. The molecule has 3 aliphatic rings. The number of hydrogen-bond donors (Lipinski definition) is 3. The van der Waals surface area contributed by atoms with Gasteiger partial charge in [-0.2, -0.15) is 0 Å². The van der Waals surface area contributed by atoms with Crippen molar-refractivity contribution in [2.75, 3.05) is 62.7 Å². The van der Waals surface area contributed by atoms with Crippen molar-refractivity contribution in [2.24, 2.45) is 11.8 Å². The quantitative estimate of drug-likeness (QED) is 0.0598. The van der Waals surface area contributed by atoms with Gasteiger partial charge in [-0.15, -0.1) is 0 Å². The molecule has 3 aromatic carbocycles. The Morgan fingerprint density at radius 1 is 1.05 bits per heavy atom. The van der Waals surface area contributed by atoms with E-state index in [-0.39, 0.29) is 21.9 Å². The van der Waals surface area contributed by atoms with Crippen molar-refractivity contribution in [1.82, 2.24) is 19.6 Å². The van der Waals surface area contributed by atoms with Crippen LogP contribution >= 0.6 is 11.6 Å². The summed E-state index contributed by atoms with van der Waals surface area (Å²) in [5, 5.41) is 16.8. The molecule has 2 aliphatic heterocycles. The lowest BCUT2D eigenvalue weighted by Crippen LogP contribution is -2.48. The number of carbonyl (C=O) groups excluding carboxylic acids is 1. The Balaban J connectivity index is 0.970. The van der Waals surface area contributed by atoms with Gasteiger partial charge in [-0.05, 0) is 104 Å². The Hall–Kier alpha value is -5.28. The van der Waals surface area contributed by atoms with Gasteiger partial charge in [0.25, 0.3) is 11.6 Å².